The maximum atomic E-state index is 13.6. The lowest BCUT2D eigenvalue weighted by Gasteiger charge is -2.38. The zero-order valence-corrected chi connectivity index (χ0v) is 11.3. The van der Waals surface area contributed by atoms with Crippen LogP contribution >= 0.6 is 0 Å². The van der Waals surface area contributed by atoms with E-state index in [4.69, 9.17) is 0 Å². The van der Waals surface area contributed by atoms with Crippen LogP contribution in [0.2, 0.25) is 0 Å². The summed E-state index contributed by atoms with van der Waals surface area (Å²) in [5.74, 6) is 0.562. The van der Waals surface area contributed by atoms with Gasteiger partial charge in [0.1, 0.15) is 5.82 Å². The third-order valence-corrected chi connectivity index (χ3v) is 3.79. The molecule has 100 valence electrons. The van der Waals surface area contributed by atoms with Crippen LogP contribution in [-0.4, -0.2) is 37.1 Å². The van der Waals surface area contributed by atoms with E-state index in [1.165, 1.54) is 0 Å². The van der Waals surface area contributed by atoms with E-state index in [-0.39, 0.29) is 5.82 Å². The fourth-order valence-electron chi connectivity index (χ4n) is 2.67. The highest BCUT2D eigenvalue weighted by atomic mass is 19.1. The van der Waals surface area contributed by atoms with Crippen molar-refractivity contribution in [2.45, 2.75) is 26.3 Å². The van der Waals surface area contributed by atoms with Crippen LogP contribution in [-0.2, 0) is 6.42 Å². The summed E-state index contributed by atoms with van der Waals surface area (Å²) in [6.07, 6.45) is 0.801. The Morgan fingerprint density at radius 3 is 2.89 bits per heavy atom. The van der Waals surface area contributed by atoms with Crippen molar-refractivity contribution in [1.82, 2.24) is 10.2 Å². The Bertz CT molecular complexity index is 379. The van der Waals surface area contributed by atoms with Gasteiger partial charge < -0.3 is 5.32 Å². The lowest BCUT2D eigenvalue weighted by Crippen LogP contribution is -2.53. The van der Waals surface area contributed by atoms with E-state index in [1.807, 2.05) is 12.1 Å². The summed E-state index contributed by atoms with van der Waals surface area (Å²) in [6.45, 7) is 8.62. The van der Waals surface area contributed by atoms with Crippen molar-refractivity contribution in [3.8, 4) is 0 Å². The highest BCUT2D eigenvalue weighted by molar-refractivity contribution is 5.17. The molecule has 0 bridgehead atoms. The average molecular weight is 250 g/mol. The van der Waals surface area contributed by atoms with Crippen molar-refractivity contribution in [2.24, 2.45) is 5.92 Å². The minimum absolute atomic E-state index is 0.0752. The van der Waals surface area contributed by atoms with E-state index in [9.17, 15) is 4.39 Å². The lowest BCUT2D eigenvalue weighted by atomic mass is 10.00. The molecule has 1 saturated heterocycles. The van der Waals surface area contributed by atoms with Gasteiger partial charge in [0.05, 0.1) is 0 Å². The molecule has 18 heavy (non-hydrogen) atoms. The molecule has 1 atom stereocenters. The molecule has 2 rings (SSSR count). The molecule has 0 amide bonds. The standard InChI is InChI=1S/C15H23FN2/c1-12(2)15-11-17-8-10-18(15)9-7-13-5-3-4-6-14(13)16/h3-6,12,15,17H,7-11H2,1-2H3. The molecule has 1 aliphatic rings. The molecular formula is C15H23FN2. The van der Waals surface area contributed by atoms with Gasteiger partial charge in [-0.15, -0.1) is 0 Å². The van der Waals surface area contributed by atoms with Crippen LogP contribution in [0.3, 0.4) is 0 Å². The van der Waals surface area contributed by atoms with Gasteiger partial charge in [-0.3, -0.25) is 4.90 Å². The average Bonchev–Trinajstić information content (AvgIpc) is 2.38. The molecule has 3 heteroatoms. The zero-order chi connectivity index (χ0) is 13.0. The molecule has 1 aromatic rings. The number of benzene rings is 1. The first-order valence-electron chi connectivity index (χ1n) is 6.86. The molecule has 1 fully saturated rings. The quantitative estimate of drug-likeness (QED) is 0.882. The van der Waals surface area contributed by atoms with Gasteiger partial charge in [-0.1, -0.05) is 32.0 Å². The van der Waals surface area contributed by atoms with Gasteiger partial charge in [-0.25, -0.2) is 4.39 Å². The lowest BCUT2D eigenvalue weighted by molar-refractivity contribution is 0.126. The first-order valence-corrected chi connectivity index (χ1v) is 6.86. The van der Waals surface area contributed by atoms with E-state index >= 15 is 0 Å². The molecule has 0 aliphatic carbocycles. The van der Waals surface area contributed by atoms with Gasteiger partial charge in [0.2, 0.25) is 0 Å². The zero-order valence-electron chi connectivity index (χ0n) is 11.3. The van der Waals surface area contributed by atoms with Crippen LogP contribution in [0.4, 0.5) is 4.39 Å². The second kappa shape index (κ2) is 6.30. The summed E-state index contributed by atoms with van der Waals surface area (Å²) in [6, 6.07) is 7.68. The molecule has 1 aliphatic heterocycles. The van der Waals surface area contributed by atoms with E-state index in [0.717, 1.165) is 38.2 Å². The number of hydrogen-bond donors (Lipinski definition) is 1. The van der Waals surface area contributed by atoms with Crippen molar-refractivity contribution in [1.29, 1.82) is 0 Å². The number of nitrogens with one attached hydrogen (secondary N) is 1. The summed E-state index contributed by atoms with van der Waals surface area (Å²) in [4.78, 5) is 2.49. The molecule has 1 aromatic carbocycles. The van der Waals surface area contributed by atoms with E-state index in [1.54, 1.807) is 12.1 Å². The summed E-state index contributed by atoms with van der Waals surface area (Å²) in [5, 5.41) is 3.44. The van der Waals surface area contributed by atoms with Crippen LogP contribution in [0, 0.1) is 11.7 Å². The maximum Gasteiger partial charge on any atom is 0.126 e. The van der Waals surface area contributed by atoms with E-state index in [0.29, 0.717) is 12.0 Å². The molecule has 0 aromatic heterocycles. The highest BCUT2D eigenvalue weighted by Crippen LogP contribution is 2.15. The first-order chi connectivity index (χ1) is 8.68. The summed E-state index contributed by atoms with van der Waals surface area (Å²) >= 11 is 0. The normalized spacial score (nSPS) is 21.4. The number of nitrogens with zero attached hydrogens (tertiary/aromatic N) is 1. The predicted octanol–water partition coefficient (Wildman–Crippen LogP) is 2.30. The first kappa shape index (κ1) is 13.5. The predicted molar refractivity (Wildman–Crippen MR) is 73.2 cm³/mol. The van der Waals surface area contributed by atoms with Crippen LogP contribution in [0.15, 0.2) is 24.3 Å². The minimum atomic E-state index is -0.0752. The van der Waals surface area contributed by atoms with Gasteiger partial charge in [-0.05, 0) is 24.0 Å². The van der Waals surface area contributed by atoms with Crippen molar-refractivity contribution in [2.75, 3.05) is 26.2 Å². The number of halogens is 1. The Labute approximate surface area is 109 Å². The molecular weight excluding hydrogens is 227 g/mol. The molecule has 1 unspecified atom stereocenters. The molecule has 0 saturated carbocycles. The summed E-state index contributed by atoms with van der Waals surface area (Å²) < 4.78 is 13.6. The number of rotatable bonds is 4. The molecule has 1 N–H and O–H groups in total. The summed E-state index contributed by atoms with van der Waals surface area (Å²) in [7, 11) is 0. The number of hydrogen-bond acceptors (Lipinski definition) is 2. The van der Waals surface area contributed by atoms with E-state index in [2.05, 4.69) is 24.1 Å². The number of piperazine rings is 1. The molecule has 0 radical (unpaired) electrons. The Kier molecular flexibility index (Phi) is 4.72. The van der Waals surface area contributed by atoms with Crippen molar-refractivity contribution in [3.63, 3.8) is 0 Å². The third kappa shape index (κ3) is 3.30. The highest BCUT2D eigenvalue weighted by Gasteiger charge is 2.24. The Morgan fingerprint density at radius 2 is 2.17 bits per heavy atom. The van der Waals surface area contributed by atoms with Crippen molar-refractivity contribution in [3.05, 3.63) is 35.6 Å². The molecule has 2 nitrogen and oxygen atoms in total. The van der Waals surface area contributed by atoms with Crippen molar-refractivity contribution >= 4 is 0 Å². The Balaban J connectivity index is 1.94. The Hall–Kier alpha value is -0.930. The van der Waals surface area contributed by atoms with Crippen molar-refractivity contribution < 1.29 is 4.39 Å². The van der Waals surface area contributed by atoms with Crippen LogP contribution in [0.5, 0.6) is 0 Å². The van der Waals surface area contributed by atoms with Gasteiger partial charge in [0, 0.05) is 32.2 Å². The second-order valence-corrected chi connectivity index (χ2v) is 5.39. The third-order valence-electron chi connectivity index (χ3n) is 3.79. The summed E-state index contributed by atoms with van der Waals surface area (Å²) in [5.41, 5.74) is 0.832. The fraction of sp³-hybridized carbons (Fsp3) is 0.600. The van der Waals surface area contributed by atoms with E-state index < -0.39 is 0 Å². The second-order valence-electron chi connectivity index (χ2n) is 5.39. The molecule has 1 heterocycles. The van der Waals surface area contributed by atoms with Crippen LogP contribution in [0.25, 0.3) is 0 Å². The fourth-order valence-corrected chi connectivity index (χ4v) is 2.67. The maximum absolute atomic E-state index is 13.6. The largest absolute Gasteiger partial charge is 0.314 e. The van der Waals surface area contributed by atoms with Gasteiger partial charge in [-0.2, -0.15) is 0 Å². The van der Waals surface area contributed by atoms with Gasteiger partial charge >= 0.3 is 0 Å². The SMILES string of the molecule is CC(C)C1CNCCN1CCc1ccccc1F. The van der Waals surface area contributed by atoms with Gasteiger partial charge in [0.25, 0.3) is 0 Å². The monoisotopic (exact) mass is 250 g/mol. The molecule has 0 spiro atoms. The van der Waals surface area contributed by atoms with Gasteiger partial charge in [0.15, 0.2) is 0 Å². The smallest absolute Gasteiger partial charge is 0.126 e. The van der Waals surface area contributed by atoms with Crippen LogP contribution in [0.1, 0.15) is 19.4 Å². The topological polar surface area (TPSA) is 15.3 Å². The minimum Gasteiger partial charge on any atom is -0.314 e. The Morgan fingerprint density at radius 1 is 1.39 bits per heavy atom. The van der Waals surface area contributed by atoms with Crippen LogP contribution < -0.4 is 5.32 Å².